The van der Waals surface area contributed by atoms with Gasteiger partial charge in [-0.1, -0.05) is 18.5 Å². The molecule has 0 amide bonds. The first-order valence-corrected chi connectivity index (χ1v) is 8.43. The van der Waals surface area contributed by atoms with Gasteiger partial charge in [0.15, 0.2) is 0 Å². The van der Waals surface area contributed by atoms with Crippen molar-refractivity contribution in [3.63, 3.8) is 0 Å². The Morgan fingerprint density at radius 2 is 2.45 bits per heavy atom. The number of halogens is 1. The van der Waals surface area contributed by atoms with Crippen molar-refractivity contribution in [2.24, 2.45) is 0 Å². The SMILES string of the molecule is CCCn1ncc(Cl)c1C(O)C1CCCc2sccc21. The van der Waals surface area contributed by atoms with E-state index in [2.05, 4.69) is 23.5 Å². The number of aromatic nitrogens is 2. The van der Waals surface area contributed by atoms with E-state index >= 15 is 0 Å². The van der Waals surface area contributed by atoms with E-state index in [0.29, 0.717) is 5.02 Å². The molecule has 108 valence electrons. The number of aliphatic hydroxyl groups excluding tert-OH is 1. The molecule has 1 aliphatic carbocycles. The quantitative estimate of drug-likeness (QED) is 0.920. The van der Waals surface area contributed by atoms with Gasteiger partial charge in [0, 0.05) is 17.3 Å². The Kier molecular flexibility index (Phi) is 4.15. The zero-order valence-corrected chi connectivity index (χ0v) is 13.1. The lowest BCUT2D eigenvalue weighted by Crippen LogP contribution is -2.19. The molecular formula is C15H19ClN2OS. The molecular weight excluding hydrogens is 292 g/mol. The van der Waals surface area contributed by atoms with Crippen molar-refractivity contribution < 1.29 is 5.11 Å². The van der Waals surface area contributed by atoms with Crippen LogP contribution in [0.2, 0.25) is 5.02 Å². The van der Waals surface area contributed by atoms with Gasteiger partial charge in [-0.25, -0.2) is 0 Å². The summed E-state index contributed by atoms with van der Waals surface area (Å²) in [5, 5.41) is 17.8. The molecule has 0 spiro atoms. The predicted octanol–water partition coefficient (Wildman–Crippen LogP) is 4.16. The van der Waals surface area contributed by atoms with Gasteiger partial charge in [-0.3, -0.25) is 4.68 Å². The molecule has 2 heterocycles. The highest BCUT2D eigenvalue weighted by molar-refractivity contribution is 7.10. The van der Waals surface area contributed by atoms with Gasteiger partial charge >= 0.3 is 0 Å². The third-order valence-electron chi connectivity index (χ3n) is 4.03. The molecule has 0 saturated carbocycles. The molecule has 20 heavy (non-hydrogen) atoms. The lowest BCUT2D eigenvalue weighted by Gasteiger charge is -2.28. The third-order valence-corrected chi connectivity index (χ3v) is 5.32. The molecule has 1 aliphatic rings. The van der Waals surface area contributed by atoms with Gasteiger partial charge in [-0.2, -0.15) is 5.10 Å². The number of thiophene rings is 1. The van der Waals surface area contributed by atoms with Crippen LogP contribution in [0, 0.1) is 0 Å². The molecule has 2 aromatic rings. The summed E-state index contributed by atoms with van der Waals surface area (Å²) in [6, 6.07) is 2.15. The average Bonchev–Trinajstić information content (AvgIpc) is 3.05. The number of hydrogen-bond donors (Lipinski definition) is 1. The molecule has 2 aromatic heterocycles. The van der Waals surface area contributed by atoms with E-state index in [1.807, 2.05) is 4.68 Å². The van der Waals surface area contributed by atoms with Gasteiger partial charge in [0.25, 0.3) is 0 Å². The van der Waals surface area contributed by atoms with Crippen LogP contribution in [0.1, 0.15) is 54.3 Å². The lowest BCUT2D eigenvalue weighted by molar-refractivity contribution is 0.126. The van der Waals surface area contributed by atoms with Crippen LogP contribution in [0.5, 0.6) is 0 Å². The first-order chi connectivity index (χ1) is 9.72. The van der Waals surface area contributed by atoms with Gasteiger partial charge in [0.05, 0.1) is 16.9 Å². The van der Waals surface area contributed by atoms with Crippen LogP contribution in [-0.2, 0) is 13.0 Å². The zero-order chi connectivity index (χ0) is 14.1. The smallest absolute Gasteiger partial charge is 0.104 e. The molecule has 3 nitrogen and oxygen atoms in total. The Hall–Kier alpha value is -0.840. The fourth-order valence-corrected chi connectivity index (χ4v) is 4.35. The van der Waals surface area contributed by atoms with Crippen molar-refractivity contribution >= 4 is 22.9 Å². The minimum Gasteiger partial charge on any atom is -0.386 e. The largest absolute Gasteiger partial charge is 0.386 e. The Labute approximate surface area is 128 Å². The van der Waals surface area contributed by atoms with E-state index in [1.165, 1.54) is 10.4 Å². The molecule has 0 fully saturated rings. The molecule has 0 bridgehead atoms. The van der Waals surface area contributed by atoms with Crippen LogP contribution in [0.4, 0.5) is 0 Å². The first kappa shape index (κ1) is 14.1. The monoisotopic (exact) mass is 310 g/mol. The standard InChI is InChI=1S/C15H19ClN2OS/c1-2-7-18-14(12(16)9-17-18)15(19)11-4-3-5-13-10(11)6-8-20-13/h6,8-9,11,15,19H,2-5,7H2,1H3. The van der Waals surface area contributed by atoms with Crippen LogP contribution in [0.25, 0.3) is 0 Å². The Bertz CT molecular complexity index is 592. The third kappa shape index (κ3) is 2.41. The Balaban J connectivity index is 1.94. The topological polar surface area (TPSA) is 38.0 Å². The number of fused-ring (bicyclic) bond motifs is 1. The van der Waals surface area contributed by atoms with Gasteiger partial charge in [-0.15, -0.1) is 11.3 Å². The van der Waals surface area contributed by atoms with Crippen LogP contribution < -0.4 is 0 Å². The van der Waals surface area contributed by atoms with Gasteiger partial charge in [0.1, 0.15) is 6.10 Å². The molecule has 2 unspecified atom stereocenters. The van der Waals surface area contributed by atoms with E-state index in [4.69, 9.17) is 11.6 Å². The second-order valence-electron chi connectivity index (χ2n) is 5.34. The summed E-state index contributed by atoms with van der Waals surface area (Å²) in [7, 11) is 0. The van der Waals surface area contributed by atoms with E-state index in [1.54, 1.807) is 17.5 Å². The molecule has 1 N–H and O–H groups in total. The van der Waals surface area contributed by atoms with Crippen molar-refractivity contribution in [2.75, 3.05) is 0 Å². The summed E-state index contributed by atoms with van der Waals surface area (Å²) in [6.07, 6.45) is 5.34. The predicted molar refractivity (Wildman–Crippen MR) is 82.5 cm³/mol. The van der Waals surface area contributed by atoms with E-state index < -0.39 is 6.10 Å². The van der Waals surface area contributed by atoms with Gasteiger partial charge in [0.2, 0.25) is 0 Å². The average molecular weight is 311 g/mol. The highest BCUT2D eigenvalue weighted by atomic mass is 35.5. The van der Waals surface area contributed by atoms with Crippen LogP contribution >= 0.6 is 22.9 Å². The molecule has 0 aromatic carbocycles. The maximum Gasteiger partial charge on any atom is 0.104 e. The van der Waals surface area contributed by atoms with Crippen molar-refractivity contribution in [1.29, 1.82) is 0 Å². The van der Waals surface area contributed by atoms with Crippen LogP contribution in [0.3, 0.4) is 0 Å². The van der Waals surface area contributed by atoms with Crippen molar-refractivity contribution in [1.82, 2.24) is 9.78 Å². The normalized spacial score (nSPS) is 19.9. The van der Waals surface area contributed by atoms with Gasteiger partial charge in [-0.05, 0) is 42.7 Å². The summed E-state index contributed by atoms with van der Waals surface area (Å²) in [5.74, 6) is 0.148. The maximum absolute atomic E-state index is 10.8. The zero-order valence-electron chi connectivity index (χ0n) is 11.6. The number of aryl methyl sites for hydroxylation is 2. The highest BCUT2D eigenvalue weighted by Crippen LogP contribution is 2.43. The fraction of sp³-hybridized carbons (Fsp3) is 0.533. The van der Waals surface area contributed by atoms with Gasteiger partial charge < -0.3 is 5.11 Å². The highest BCUT2D eigenvalue weighted by Gasteiger charge is 2.31. The minimum atomic E-state index is -0.565. The molecule has 0 aliphatic heterocycles. The summed E-state index contributed by atoms with van der Waals surface area (Å²) >= 11 is 8.05. The molecule has 5 heteroatoms. The summed E-state index contributed by atoms with van der Waals surface area (Å²) < 4.78 is 1.85. The van der Waals surface area contributed by atoms with Crippen molar-refractivity contribution in [3.8, 4) is 0 Å². The molecule has 0 saturated heterocycles. The fourth-order valence-electron chi connectivity index (χ4n) is 3.10. The molecule has 2 atom stereocenters. The van der Waals surface area contributed by atoms with Crippen molar-refractivity contribution in [2.45, 2.75) is 51.2 Å². The number of rotatable bonds is 4. The van der Waals surface area contributed by atoms with Crippen LogP contribution in [-0.4, -0.2) is 14.9 Å². The second-order valence-corrected chi connectivity index (χ2v) is 6.75. The van der Waals surface area contributed by atoms with Crippen LogP contribution in [0.15, 0.2) is 17.6 Å². The second kappa shape index (κ2) is 5.88. The minimum absolute atomic E-state index is 0.148. The Morgan fingerprint density at radius 1 is 1.60 bits per heavy atom. The summed E-state index contributed by atoms with van der Waals surface area (Å²) in [5.41, 5.74) is 2.08. The number of nitrogens with zero attached hydrogens (tertiary/aromatic N) is 2. The van der Waals surface area contributed by atoms with E-state index in [9.17, 15) is 5.11 Å². The first-order valence-electron chi connectivity index (χ1n) is 7.18. The molecule has 3 rings (SSSR count). The summed E-state index contributed by atoms with van der Waals surface area (Å²) in [4.78, 5) is 1.41. The van der Waals surface area contributed by atoms with Crippen molar-refractivity contribution in [3.05, 3.63) is 38.8 Å². The lowest BCUT2D eigenvalue weighted by atomic mass is 9.82. The summed E-state index contributed by atoms with van der Waals surface area (Å²) in [6.45, 7) is 2.89. The number of aliphatic hydroxyl groups is 1. The molecule has 0 radical (unpaired) electrons. The maximum atomic E-state index is 10.8. The Morgan fingerprint density at radius 3 is 3.25 bits per heavy atom. The van der Waals surface area contributed by atoms with E-state index in [0.717, 1.165) is 37.9 Å². The van der Waals surface area contributed by atoms with E-state index in [-0.39, 0.29) is 5.92 Å². The number of hydrogen-bond acceptors (Lipinski definition) is 3.